The summed E-state index contributed by atoms with van der Waals surface area (Å²) < 4.78 is 20.9. The van der Waals surface area contributed by atoms with Crippen molar-refractivity contribution in [2.75, 3.05) is 39.4 Å². The average molecular weight is 527 g/mol. The molecule has 0 aliphatic carbocycles. The van der Waals surface area contributed by atoms with Crippen LogP contribution in [0.15, 0.2) is 48.8 Å². The first-order valence-electron chi connectivity index (χ1n) is 13.9. The number of nitrogens with zero attached hydrogens (tertiary/aromatic N) is 4. The van der Waals surface area contributed by atoms with Crippen molar-refractivity contribution in [2.24, 2.45) is 0 Å². The monoisotopic (exact) mass is 526 g/mol. The predicted molar refractivity (Wildman–Crippen MR) is 150 cm³/mol. The van der Waals surface area contributed by atoms with Crippen LogP contribution in [0.25, 0.3) is 11.1 Å². The van der Waals surface area contributed by atoms with Crippen LogP contribution in [0, 0.1) is 17.7 Å². The van der Waals surface area contributed by atoms with Gasteiger partial charge in [0.15, 0.2) is 0 Å². The van der Waals surface area contributed by atoms with Crippen molar-refractivity contribution in [2.45, 2.75) is 45.6 Å². The lowest BCUT2D eigenvalue weighted by Crippen LogP contribution is -2.53. The van der Waals surface area contributed by atoms with Crippen LogP contribution in [0.5, 0.6) is 0 Å². The van der Waals surface area contributed by atoms with Crippen LogP contribution in [0.4, 0.5) is 4.39 Å². The van der Waals surface area contributed by atoms with E-state index in [-0.39, 0.29) is 11.5 Å². The molecule has 1 aromatic carbocycles. The number of benzene rings is 1. The molecular formula is C32H35FN4O2. The van der Waals surface area contributed by atoms with Crippen LogP contribution in [0.3, 0.4) is 0 Å². The molecule has 2 aliphatic heterocycles. The van der Waals surface area contributed by atoms with Gasteiger partial charge in [-0.2, -0.15) is 0 Å². The Morgan fingerprint density at radius 3 is 2.46 bits per heavy atom. The molecule has 4 heterocycles. The molecule has 5 rings (SSSR count). The van der Waals surface area contributed by atoms with Crippen LogP contribution in [-0.4, -0.2) is 71.1 Å². The average Bonchev–Trinajstić information content (AvgIpc) is 3.00. The predicted octanol–water partition coefficient (Wildman–Crippen LogP) is 4.74. The standard InChI is InChI=1S/C32H35FN4O2/c1-3-25-8-5-23(22-35-25)6-9-28-27(11-14-34-31(28)4-2)24-7-10-29(30(33)21-24)32(38)37-17-15-36(16-18-37)26-12-19-39-20-13-26/h5,7-8,10-11,14,21-22,26H,3-4,12-13,15-20H2,1-2H3. The minimum absolute atomic E-state index is 0.109. The van der Waals surface area contributed by atoms with E-state index in [4.69, 9.17) is 4.74 Å². The Labute approximate surface area is 230 Å². The summed E-state index contributed by atoms with van der Waals surface area (Å²) in [6.45, 7) is 8.53. The zero-order chi connectivity index (χ0) is 27.2. The molecule has 2 aromatic heterocycles. The van der Waals surface area contributed by atoms with Gasteiger partial charge in [-0.25, -0.2) is 4.39 Å². The van der Waals surface area contributed by atoms with Crippen LogP contribution >= 0.6 is 0 Å². The third kappa shape index (κ3) is 6.19. The van der Waals surface area contributed by atoms with Gasteiger partial charge in [-0.3, -0.25) is 19.7 Å². The lowest BCUT2D eigenvalue weighted by molar-refractivity contribution is 0.0136. The number of hydrogen-bond donors (Lipinski definition) is 0. The fourth-order valence-electron chi connectivity index (χ4n) is 5.36. The first kappa shape index (κ1) is 27.0. The number of aromatic nitrogens is 2. The van der Waals surface area contributed by atoms with Gasteiger partial charge in [0, 0.05) is 74.6 Å². The topological polar surface area (TPSA) is 58.6 Å². The third-order valence-electron chi connectivity index (χ3n) is 7.70. The van der Waals surface area contributed by atoms with Gasteiger partial charge in [-0.05, 0) is 61.6 Å². The van der Waals surface area contributed by atoms with Gasteiger partial charge in [0.2, 0.25) is 0 Å². The lowest BCUT2D eigenvalue weighted by Gasteiger charge is -2.40. The van der Waals surface area contributed by atoms with E-state index in [0.29, 0.717) is 31.1 Å². The number of ether oxygens (including phenoxy) is 1. The van der Waals surface area contributed by atoms with Crippen molar-refractivity contribution < 1.29 is 13.9 Å². The minimum Gasteiger partial charge on any atom is -0.381 e. The fraction of sp³-hybridized carbons (Fsp3) is 0.406. The van der Waals surface area contributed by atoms with Gasteiger partial charge < -0.3 is 9.64 Å². The zero-order valence-electron chi connectivity index (χ0n) is 22.8. The second-order valence-electron chi connectivity index (χ2n) is 10.0. The highest BCUT2D eigenvalue weighted by molar-refractivity contribution is 5.95. The van der Waals surface area contributed by atoms with Crippen LogP contribution in [0.1, 0.15) is 59.6 Å². The van der Waals surface area contributed by atoms with E-state index in [2.05, 4.69) is 33.6 Å². The number of piperazine rings is 1. The molecule has 2 fully saturated rings. The molecular weight excluding hydrogens is 491 g/mol. The van der Waals surface area contributed by atoms with Crippen LogP contribution < -0.4 is 0 Å². The van der Waals surface area contributed by atoms with Crippen molar-refractivity contribution in [3.8, 4) is 23.0 Å². The highest BCUT2D eigenvalue weighted by Crippen LogP contribution is 2.28. The smallest absolute Gasteiger partial charge is 0.256 e. The first-order chi connectivity index (χ1) is 19.1. The van der Waals surface area contributed by atoms with E-state index in [9.17, 15) is 4.79 Å². The largest absolute Gasteiger partial charge is 0.381 e. The summed E-state index contributed by atoms with van der Waals surface area (Å²) in [5, 5.41) is 0. The molecule has 0 atom stereocenters. The van der Waals surface area contributed by atoms with E-state index in [1.165, 1.54) is 6.07 Å². The number of rotatable bonds is 5. The molecule has 0 saturated carbocycles. The maximum Gasteiger partial charge on any atom is 0.256 e. The minimum atomic E-state index is -0.516. The van der Waals surface area contributed by atoms with Crippen molar-refractivity contribution in [1.29, 1.82) is 0 Å². The summed E-state index contributed by atoms with van der Waals surface area (Å²) >= 11 is 0. The number of hydrogen-bond acceptors (Lipinski definition) is 5. The molecule has 0 unspecified atom stereocenters. The number of pyridine rings is 2. The maximum absolute atomic E-state index is 15.4. The van der Waals surface area contributed by atoms with Crippen LogP contribution in [0.2, 0.25) is 0 Å². The Balaban J connectivity index is 1.34. The Bertz CT molecular complexity index is 1370. The van der Waals surface area contributed by atoms with Gasteiger partial charge in [0.05, 0.1) is 16.8 Å². The summed E-state index contributed by atoms with van der Waals surface area (Å²) in [4.78, 5) is 26.4. The number of amides is 1. The quantitative estimate of drug-likeness (QED) is 0.450. The van der Waals surface area contributed by atoms with Crippen LogP contribution in [-0.2, 0) is 17.6 Å². The molecule has 1 amide bonds. The Morgan fingerprint density at radius 2 is 1.79 bits per heavy atom. The van der Waals surface area contributed by atoms with Gasteiger partial charge in [0.1, 0.15) is 5.82 Å². The molecule has 6 nitrogen and oxygen atoms in total. The molecule has 39 heavy (non-hydrogen) atoms. The molecule has 202 valence electrons. The SMILES string of the molecule is CCc1ccc(C#Cc2c(-c3ccc(C(=O)N4CCN(C5CCOCC5)CC4)c(F)c3)ccnc2CC)cn1. The number of carbonyl (C=O) groups is 1. The van der Waals surface area contributed by atoms with Gasteiger partial charge in [-0.15, -0.1) is 0 Å². The van der Waals surface area contributed by atoms with E-state index in [1.54, 1.807) is 23.4 Å². The number of halogens is 1. The highest BCUT2D eigenvalue weighted by atomic mass is 19.1. The summed E-state index contributed by atoms with van der Waals surface area (Å²) in [5.41, 5.74) is 5.03. The molecule has 0 radical (unpaired) electrons. The zero-order valence-corrected chi connectivity index (χ0v) is 22.8. The molecule has 0 spiro atoms. The Hall–Kier alpha value is -3.60. The van der Waals surface area contributed by atoms with E-state index in [0.717, 1.165) is 73.6 Å². The number of aryl methyl sites for hydroxylation is 2. The molecule has 2 aliphatic rings. The summed E-state index contributed by atoms with van der Waals surface area (Å²) in [6.07, 6.45) is 7.14. The van der Waals surface area contributed by atoms with Crippen molar-refractivity contribution in [1.82, 2.24) is 19.8 Å². The third-order valence-corrected chi connectivity index (χ3v) is 7.70. The van der Waals surface area contributed by atoms with Crippen molar-refractivity contribution >= 4 is 5.91 Å². The van der Waals surface area contributed by atoms with Crippen molar-refractivity contribution in [3.05, 3.63) is 82.7 Å². The fourth-order valence-corrected chi connectivity index (χ4v) is 5.36. The van der Waals surface area contributed by atoms with E-state index < -0.39 is 5.82 Å². The molecule has 2 saturated heterocycles. The number of carbonyl (C=O) groups excluding carboxylic acids is 1. The molecule has 0 bridgehead atoms. The van der Waals surface area contributed by atoms with Gasteiger partial charge in [-0.1, -0.05) is 31.8 Å². The summed E-state index contributed by atoms with van der Waals surface area (Å²) in [7, 11) is 0. The normalized spacial score (nSPS) is 16.5. The molecule has 3 aromatic rings. The maximum atomic E-state index is 15.4. The van der Waals surface area contributed by atoms with Crippen molar-refractivity contribution in [3.63, 3.8) is 0 Å². The molecule has 7 heteroatoms. The second-order valence-corrected chi connectivity index (χ2v) is 10.0. The van der Waals surface area contributed by atoms with Gasteiger partial charge in [0.25, 0.3) is 5.91 Å². The van der Waals surface area contributed by atoms with E-state index in [1.807, 2.05) is 31.2 Å². The highest BCUT2D eigenvalue weighted by Gasteiger charge is 2.28. The molecule has 0 N–H and O–H groups in total. The summed E-state index contributed by atoms with van der Waals surface area (Å²) in [5.74, 6) is 5.69. The van der Waals surface area contributed by atoms with Gasteiger partial charge >= 0.3 is 0 Å². The first-order valence-corrected chi connectivity index (χ1v) is 13.9. The second kappa shape index (κ2) is 12.5. The van der Waals surface area contributed by atoms with E-state index >= 15 is 4.39 Å². The Kier molecular flexibility index (Phi) is 8.65. The summed E-state index contributed by atoms with van der Waals surface area (Å²) in [6, 6.07) is 11.2. The lowest BCUT2D eigenvalue weighted by atomic mass is 9.96. The Morgan fingerprint density at radius 1 is 1.00 bits per heavy atom.